The molecule has 0 radical (unpaired) electrons. The van der Waals surface area contributed by atoms with Gasteiger partial charge in [-0.05, 0) is 87.1 Å². The van der Waals surface area contributed by atoms with Crippen molar-refractivity contribution in [1.29, 1.82) is 0 Å². The molecule has 2 heteroatoms. The Hall–Kier alpha value is -1.96. The van der Waals surface area contributed by atoms with Gasteiger partial charge in [-0.25, -0.2) is 0 Å². The molecule has 2 aromatic carbocycles. The van der Waals surface area contributed by atoms with Crippen LogP contribution in [0.2, 0.25) is 0 Å². The molecule has 0 saturated heterocycles. The third kappa shape index (κ3) is 9.69. The van der Waals surface area contributed by atoms with Crippen LogP contribution < -0.4 is 0 Å². The highest BCUT2D eigenvalue weighted by molar-refractivity contribution is 5.51. The Balaban J connectivity index is 2.77. The molecule has 0 aromatic heterocycles. The smallest absolute Gasteiger partial charge is 0.122 e. The van der Waals surface area contributed by atoms with Gasteiger partial charge in [0, 0.05) is 5.92 Å². The Morgan fingerprint density at radius 1 is 0.486 bits per heavy atom. The van der Waals surface area contributed by atoms with E-state index < -0.39 is 0 Å². The molecule has 2 nitrogen and oxygen atoms in total. The van der Waals surface area contributed by atoms with E-state index in [1.807, 2.05) is 0 Å². The zero-order valence-electron chi connectivity index (χ0n) is 26.3. The van der Waals surface area contributed by atoms with E-state index in [2.05, 4.69) is 114 Å². The fourth-order valence-corrected chi connectivity index (χ4v) is 5.46. The van der Waals surface area contributed by atoms with E-state index in [4.69, 9.17) is 0 Å². The number of rotatable bonds is 7. The van der Waals surface area contributed by atoms with Gasteiger partial charge >= 0.3 is 0 Å². The molecule has 0 spiro atoms. The van der Waals surface area contributed by atoms with Gasteiger partial charge in [0.25, 0.3) is 0 Å². The first-order valence-corrected chi connectivity index (χ1v) is 14.3. The molecule has 0 heterocycles. The standard InChI is InChI=1S/C35H56O2/c1-14-29(23-15-25(19-32(2,3)4)30(36)26(16-23)20-33(5,6)7)24-17-27(21-34(8,9)10)31(37)28(18-24)22-35(11,12)13/h15-18,29,36-37H,14,19-22H2,1-13H3. The third-order valence-corrected chi connectivity index (χ3v) is 6.68. The van der Waals surface area contributed by atoms with Crippen LogP contribution in [0.4, 0.5) is 0 Å². The summed E-state index contributed by atoms with van der Waals surface area (Å²) in [5, 5.41) is 22.6. The van der Waals surface area contributed by atoms with Gasteiger partial charge < -0.3 is 10.2 Å². The van der Waals surface area contributed by atoms with Crippen molar-refractivity contribution in [3.8, 4) is 11.5 Å². The summed E-state index contributed by atoms with van der Waals surface area (Å²) >= 11 is 0. The van der Waals surface area contributed by atoms with Gasteiger partial charge in [-0.3, -0.25) is 0 Å². The molecule has 0 saturated carbocycles. The van der Waals surface area contributed by atoms with E-state index in [0.717, 1.165) is 54.4 Å². The summed E-state index contributed by atoms with van der Waals surface area (Å²) < 4.78 is 0. The van der Waals surface area contributed by atoms with Gasteiger partial charge in [-0.15, -0.1) is 0 Å². The predicted molar refractivity (Wildman–Crippen MR) is 161 cm³/mol. The van der Waals surface area contributed by atoms with E-state index in [0.29, 0.717) is 11.5 Å². The maximum Gasteiger partial charge on any atom is 0.122 e. The summed E-state index contributed by atoms with van der Waals surface area (Å²) in [5.41, 5.74) is 7.05. The first-order chi connectivity index (χ1) is 16.6. The van der Waals surface area contributed by atoms with E-state index in [-0.39, 0.29) is 27.6 Å². The van der Waals surface area contributed by atoms with Crippen molar-refractivity contribution in [3.63, 3.8) is 0 Å². The lowest BCUT2D eigenvalue weighted by molar-refractivity contribution is 0.377. The Morgan fingerprint density at radius 3 is 0.865 bits per heavy atom. The summed E-state index contributed by atoms with van der Waals surface area (Å²) in [6.07, 6.45) is 4.30. The monoisotopic (exact) mass is 508 g/mol. The van der Waals surface area contributed by atoms with Crippen molar-refractivity contribution in [3.05, 3.63) is 57.6 Å². The fraction of sp³-hybridized carbons (Fsp3) is 0.657. The van der Waals surface area contributed by atoms with Crippen LogP contribution in [0.5, 0.6) is 11.5 Å². The van der Waals surface area contributed by atoms with E-state index >= 15 is 0 Å². The average molecular weight is 509 g/mol. The van der Waals surface area contributed by atoms with Crippen molar-refractivity contribution in [1.82, 2.24) is 0 Å². The number of benzene rings is 2. The minimum atomic E-state index is 0.0785. The van der Waals surface area contributed by atoms with Crippen LogP contribution in [0.3, 0.4) is 0 Å². The Bertz CT molecular complexity index is 903. The van der Waals surface area contributed by atoms with Crippen molar-refractivity contribution >= 4 is 0 Å². The quantitative estimate of drug-likeness (QED) is 0.390. The SMILES string of the molecule is CCC(c1cc(CC(C)(C)C)c(O)c(CC(C)(C)C)c1)c1cc(CC(C)(C)C)c(O)c(CC(C)(C)C)c1. The average Bonchev–Trinajstić information content (AvgIpc) is 2.65. The van der Waals surface area contributed by atoms with Gasteiger partial charge in [0.1, 0.15) is 11.5 Å². The van der Waals surface area contributed by atoms with Gasteiger partial charge in [-0.2, -0.15) is 0 Å². The van der Waals surface area contributed by atoms with Crippen molar-refractivity contribution < 1.29 is 10.2 Å². The molecule has 2 aromatic rings. The highest BCUT2D eigenvalue weighted by Gasteiger charge is 2.26. The number of hydrogen-bond acceptors (Lipinski definition) is 2. The van der Waals surface area contributed by atoms with Gasteiger partial charge in [-0.1, -0.05) is 114 Å². The third-order valence-electron chi connectivity index (χ3n) is 6.68. The summed E-state index contributed by atoms with van der Waals surface area (Å²) in [5.74, 6) is 1.14. The predicted octanol–water partition coefficient (Wildman–Crippen LogP) is 9.99. The molecule has 0 fully saturated rings. The Kier molecular flexibility index (Phi) is 9.32. The number of aromatic hydroxyl groups is 2. The molecule has 0 aliphatic rings. The van der Waals surface area contributed by atoms with E-state index in [1.54, 1.807) is 0 Å². The summed E-state index contributed by atoms with van der Waals surface area (Å²) in [6, 6.07) is 9.00. The molecule has 0 amide bonds. The molecule has 208 valence electrons. The molecular weight excluding hydrogens is 452 g/mol. The second-order valence-corrected chi connectivity index (χ2v) is 16.3. The maximum absolute atomic E-state index is 11.3. The zero-order chi connectivity index (χ0) is 28.6. The zero-order valence-corrected chi connectivity index (χ0v) is 26.3. The first kappa shape index (κ1) is 31.3. The van der Waals surface area contributed by atoms with Crippen molar-refractivity contribution in [2.24, 2.45) is 21.7 Å². The lowest BCUT2D eigenvalue weighted by Gasteiger charge is -2.28. The number of hydrogen-bond donors (Lipinski definition) is 2. The van der Waals surface area contributed by atoms with Crippen molar-refractivity contribution in [2.45, 2.75) is 128 Å². The second-order valence-electron chi connectivity index (χ2n) is 16.3. The van der Waals surface area contributed by atoms with Gasteiger partial charge in [0.15, 0.2) is 0 Å². The molecule has 0 atom stereocenters. The molecule has 0 aliphatic carbocycles. The highest BCUT2D eigenvalue weighted by atomic mass is 16.3. The molecule has 0 aliphatic heterocycles. The van der Waals surface area contributed by atoms with E-state index in [9.17, 15) is 10.2 Å². The molecule has 0 unspecified atom stereocenters. The lowest BCUT2D eigenvalue weighted by atomic mass is 9.78. The van der Waals surface area contributed by atoms with Crippen molar-refractivity contribution in [2.75, 3.05) is 0 Å². The second kappa shape index (κ2) is 11.0. The lowest BCUT2D eigenvalue weighted by Crippen LogP contribution is -2.15. The largest absolute Gasteiger partial charge is 0.507 e. The van der Waals surface area contributed by atoms with Gasteiger partial charge in [0.05, 0.1) is 0 Å². The maximum atomic E-state index is 11.3. The van der Waals surface area contributed by atoms with E-state index in [1.165, 1.54) is 11.1 Å². The molecule has 2 rings (SSSR count). The summed E-state index contributed by atoms with van der Waals surface area (Å²) in [6.45, 7) is 29.1. The summed E-state index contributed by atoms with van der Waals surface area (Å²) in [4.78, 5) is 0. The number of phenols is 2. The van der Waals surface area contributed by atoms with Crippen LogP contribution in [-0.4, -0.2) is 10.2 Å². The first-order valence-electron chi connectivity index (χ1n) is 14.3. The van der Waals surface area contributed by atoms with Crippen LogP contribution in [-0.2, 0) is 25.7 Å². The van der Waals surface area contributed by atoms with Crippen LogP contribution in [0, 0.1) is 21.7 Å². The minimum Gasteiger partial charge on any atom is -0.507 e. The Labute approximate surface area is 228 Å². The fourth-order valence-electron chi connectivity index (χ4n) is 5.46. The topological polar surface area (TPSA) is 40.5 Å². The van der Waals surface area contributed by atoms with Crippen LogP contribution >= 0.6 is 0 Å². The van der Waals surface area contributed by atoms with Crippen LogP contribution in [0.15, 0.2) is 24.3 Å². The minimum absolute atomic E-state index is 0.0785. The van der Waals surface area contributed by atoms with Crippen LogP contribution in [0.25, 0.3) is 0 Å². The molecule has 2 N–H and O–H groups in total. The van der Waals surface area contributed by atoms with Gasteiger partial charge in [0.2, 0.25) is 0 Å². The number of phenolic OH excluding ortho intramolecular Hbond substituents is 2. The summed E-state index contributed by atoms with van der Waals surface area (Å²) in [7, 11) is 0. The normalized spacial score (nSPS) is 13.5. The molecule has 37 heavy (non-hydrogen) atoms. The Morgan fingerprint density at radius 2 is 0.703 bits per heavy atom. The molecule has 0 bridgehead atoms. The van der Waals surface area contributed by atoms with Crippen LogP contribution in [0.1, 0.15) is 136 Å². The molecular formula is C35H56O2. The highest BCUT2D eigenvalue weighted by Crippen LogP contribution is 2.41.